The zero-order valence-corrected chi connectivity index (χ0v) is 16.5. The van der Waals surface area contributed by atoms with Crippen LogP contribution in [0.1, 0.15) is 29.5 Å². The average molecular weight is 367 g/mol. The third kappa shape index (κ3) is 4.67. The number of primary amides is 1. The molecule has 7 heteroatoms. The van der Waals surface area contributed by atoms with Gasteiger partial charge in [-0.2, -0.15) is 0 Å². The molecule has 0 saturated carbocycles. The molecule has 1 aromatic carbocycles. The van der Waals surface area contributed by atoms with Crippen LogP contribution < -0.4 is 16.4 Å². The van der Waals surface area contributed by atoms with Crippen molar-refractivity contribution in [3.63, 3.8) is 0 Å². The lowest BCUT2D eigenvalue weighted by atomic mass is 9.89. The predicted molar refractivity (Wildman–Crippen MR) is 104 cm³/mol. The Morgan fingerprint density at radius 3 is 2.24 bits per heavy atom. The zero-order valence-electron chi connectivity index (χ0n) is 15.7. The Kier molecular flexibility index (Phi) is 6.37. The van der Waals surface area contributed by atoms with Gasteiger partial charge < -0.3 is 20.9 Å². The number of hydrogen-bond donors (Lipinski definition) is 2. The Hall–Kier alpha value is -1.28. The van der Waals surface area contributed by atoms with Crippen molar-refractivity contribution >= 4 is 23.0 Å². The van der Waals surface area contributed by atoms with Gasteiger partial charge in [-0.25, -0.2) is 0 Å². The number of nitrogens with two attached hydrogens (primary N) is 2. The van der Waals surface area contributed by atoms with Crippen LogP contribution >= 0.6 is 0 Å². The van der Waals surface area contributed by atoms with Crippen LogP contribution in [0.2, 0.25) is 0 Å². The number of amides is 1. The molecule has 1 aliphatic heterocycles. The molecule has 0 bridgehead atoms. The summed E-state index contributed by atoms with van der Waals surface area (Å²) in [5.41, 5.74) is 15.3. The summed E-state index contributed by atoms with van der Waals surface area (Å²) in [4.78, 5) is 13.5. The molecular weight excluding hydrogens is 336 g/mol. The molecule has 2 rings (SSSR count). The molecular formula is C18H30N4O2S. The van der Waals surface area contributed by atoms with Gasteiger partial charge in [0.25, 0.3) is 0 Å². The fourth-order valence-corrected chi connectivity index (χ4v) is 4.50. The van der Waals surface area contributed by atoms with E-state index in [-0.39, 0.29) is 0 Å². The largest absolute Gasteiger partial charge is 0.598 e. The van der Waals surface area contributed by atoms with Crippen LogP contribution in [0.4, 0.5) is 5.69 Å². The van der Waals surface area contributed by atoms with Crippen molar-refractivity contribution in [2.45, 2.75) is 38.6 Å². The van der Waals surface area contributed by atoms with E-state index in [4.69, 9.17) is 11.5 Å². The van der Waals surface area contributed by atoms with Crippen LogP contribution in [0.25, 0.3) is 0 Å². The average Bonchev–Trinajstić information content (AvgIpc) is 2.54. The number of benzene rings is 1. The fraction of sp³-hybridized carbons (Fsp3) is 0.611. The summed E-state index contributed by atoms with van der Waals surface area (Å²) < 4.78 is 14.5. The van der Waals surface area contributed by atoms with E-state index in [0.29, 0.717) is 31.7 Å². The third-order valence-electron chi connectivity index (χ3n) is 5.12. The van der Waals surface area contributed by atoms with Crippen LogP contribution in [-0.4, -0.2) is 53.2 Å². The number of hydrogen-bond acceptors (Lipinski definition) is 5. The van der Waals surface area contributed by atoms with Crippen LogP contribution in [0.3, 0.4) is 0 Å². The summed E-state index contributed by atoms with van der Waals surface area (Å²) in [5.74, 6) is 0.113. The molecule has 0 radical (unpaired) electrons. The van der Waals surface area contributed by atoms with Crippen molar-refractivity contribution in [1.82, 2.24) is 4.31 Å². The van der Waals surface area contributed by atoms with Gasteiger partial charge >= 0.3 is 0 Å². The van der Waals surface area contributed by atoms with Crippen LogP contribution in [0, 0.1) is 13.8 Å². The molecule has 1 aromatic rings. The summed E-state index contributed by atoms with van der Waals surface area (Å²) in [6, 6.07) is 4.34. The Balaban J connectivity index is 1.95. The van der Waals surface area contributed by atoms with E-state index in [9.17, 15) is 9.35 Å². The van der Waals surface area contributed by atoms with Crippen LogP contribution in [0.5, 0.6) is 0 Å². The number of aryl methyl sites for hydroxylation is 2. The van der Waals surface area contributed by atoms with Crippen molar-refractivity contribution in [3.05, 3.63) is 28.8 Å². The molecule has 1 unspecified atom stereocenters. The number of anilines is 1. The van der Waals surface area contributed by atoms with Gasteiger partial charge in [-0.15, -0.1) is 4.31 Å². The lowest BCUT2D eigenvalue weighted by Crippen LogP contribution is -2.59. The molecule has 0 aromatic heterocycles. The molecule has 1 aliphatic rings. The first kappa shape index (κ1) is 20.0. The molecule has 1 saturated heterocycles. The fourth-order valence-electron chi connectivity index (χ4n) is 3.28. The molecule has 1 atom stereocenters. The van der Waals surface area contributed by atoms with E-state index in [2.05, 4.69) is 30.9 Å². The van der Waals surface area contributed by atoms with Crippen LogP contribution in [0.15, 0.2) is 12.1 Å². The van der Waals surface area contributed by atoms with Crippen molar-refractivity contribution < 1.29 is 9.35 Å². The number of rotatable bonds is 6. The predicted octanol–water partition coefficient (Wildman–Crippen LogP) is 0.854. The number of piperidine rings is 1. The lowest BCUT2D eigenvalue weighted by molar-refractivity contribution is -0.124. The Morgan fingerprint density at radius 1 is 1.28 bits per heavy atom. The minimum Gasteiger partial charge on any atom is -0.598 e. The second-order valence-corrected chi connectivity index (χ2v) is 8.75. The molecule has 4 N–H and O–H groups in total. The maximum absolute atomic E-state index is 12.6. The maximum atomic E-state index is 12.6. The number of carbonyl (C=O) groups excluding carboxylic acids is 1. The van der Waals surface area contributed by atoms with E-state index in [0.717, 1.165) is 6.42 Å². The van der Waals surface area contributed by atoms with Gasteiger partial charge in [-0.1, -0.05) is 0 Å². The molecule has 0 spiro atoms. The van der Waals surface area contributed by atoms with Crippen molar-refractivity contribution in [3.8, 4) is 0 Å². The molecule has 25 heavy (non-hydrogen) atoms. The SMILES string of the molecule is Cc1cc(N(C)C)cc(C)c1CC[S+]([O-])N1CCC(N)(C(N)=O)CC1. The Labute approximate surface area is 153 Å². The van der Waals surface area contributed by atoms with Gasteiger partial charge in [0.2, 0.25) is 5.91 Å². The molecule has 0 aliphatic carbocycles. The van der Waals surface area contributed by atoms with Gasteiger partial charge in [0.15, 0.2) is 0 Å². The minimum absolute atomic E-state index is 0.462. The van der Waals surface area contributed by atoms with Crippen molar-refractivity contribution in [2.75, 3.05) is 37.8 Å². The first-order valence-corrected chi connectivity index (χ1v) is 9.91. The van der Waals surface area contributed by atoms with Gasteiger partial charge in [-0.3, -0.25) is 4.79 Å². The molecule has 1 heterocycles. The maximum Gasteiger partial charge on any atom is 0.237 e. The second kappa shape index (κ2) is 7.95. The second-order valence-electron chi connectivity index (χ2n) is 7.18. The Morgan fingerprint density at radius 2 is 1.80 bits per heavy atom. The highest BCUT2D eigenvalue weighted by atomic mass is 32.2. The van der Waals surface area contributed by atoms with Gasteiger partial charge in [0, 0.05) is 50.7 Å². The highest BCUT2D eigenvalue weighted by Gasteiger charge is 2.39. The smallest absolute Gasteiger partial charge is 0.237 e. The van der Waals surface area contributed by atoms with E-state index in [1.54, 1.807) is 0 Å². The number of carbonyl (C=O) groups is 1. The minimum atomic E-state index is -1.07. The summed E-state index contributed by atoms with van der Waals surface area (Å²) in [6.07, 6.45) is 1.70. The Bertz CT molecular complexity index is 604. The monoisotopic (exact) mass is 366 g/mol. The first-order valence-electron chi connectivity index (χ1n) is 8.64. The summed E-state index contributed by atoms with van der Waals surface area (Å²) >= 11 is -1.07. The standard InChI is InChI=1S/C18H30N4O2S/c1-13-11-15(21(3)4)12-14(2)16(13)5-10-25(24)22-8-6-18(20,7-9-22)17(19)23/h11-12H,5-10,20H2,1-4H3,(H2,19,23). The normalized spacial score (nSPS) is 18.8. The number of nitrogens with zero attached hydrogens (tertiary/aromatic N) is 2. The highest BCUT2D eigenvalue weighted by Crippen LogP contribution is 2.25. The first-order chi connectivity index (χ1) is 11.6. The van der Waals surface area contributed by atoms with Gasteiger partial charge in [-0.05, 0) is 55.5 Å². The van der Waals surface area contributed by atoms with E-state index < -0.39 is 22.8 Å². The van der Waals surface area contributed by atoms with Crippen LogP contribution in [-0.2, 0) is 22.6 Å². The summed E-state index contributed by atoms with van der Waals surface area (Å²) in [5, 5.41) is 0. The summed E-state index contributed by atoms with van der Waals surface area (Å²) in [6.45, 7) is 5.30. The quantitative estimate of drug-likeness (QED) is 0.728. The van der Waals surface area contributed by atoms with Crippen molar-refractivity contribution in [2.24, 2.45) is 11.5 Å². The lowest BCUT2D eigenvalue weighted by Gasteiger charge is -2.36. The zero-order chi connectivity index (χ0) is 18.8. The van der Waals surface area contributed by atoms with E-state index in [1.165, 1.54) is 22.4 Å². The topological polar surface area (TPSA) is 98.7 Å². The van der Waals surface area contributed by atoms with Crippen molar-refractivity contribution in [1.29, 1.82) is 0 Å². The van der Waals surface area contributed by atoms with E-state index >= 15 is 0 Å². The van der Waals surface area contributed by atoms with Gasteiger partial charge in [0.05, 0.1) is 5.54 Å². The molecule has 1 amide bonds. The molecule has 6 nitrogen and oxygen atoms in total. The van der Waals surface area contributed by atoms with Gasteiger partial charge in [0.1, 0.15) is 5.75 Å². The molecule has 140 valence electrons. The van der Waals surface area contributed by atoms with E-state index in [1.807, 2.05) is 18.4 Å². The third-order valence-corrected chi connectivity index (χ3v) is 6.61. The summed E-state index contributed by atoms with van der Waals surface area (Å²) in [7, 11) is 4.06. The highest BCUT2D eigenvalue weighted by molar-refractivity contribution is 7.89. The molecule has 1 fully saturated rings.